The van der Waals surface area contributed by atoms with Gasteiger partial charge in [0.15, 0.2) is 0 Å². The average Bonchev–Trinajstić information content (AvgIpc) is 2.49. The zero-order valence-corrected chi connectivity index (χ0v) is 11.8. The van der Waals surface area contributed by atoms with Crippen LogP contribution in [-0.4, -0.2) is 37.7 Å². The van der Waals surface area contributed by atoms with Crippen molar-refractivity contribution >= 4 is 0 Å². The Balaban J connectivity index is 1.82. The highest BCUT2D eigenvalue weighted by atomic mass is 16.5. The van der Waals surface area contributed by atoms with Crippen molar-refractivity contribution in [3.05, 3.63) is 29.3 Å². The Kier molecular flexibility index (Phi) is 4.04. The van der Waals surface area contributed by atoms with Crippen LogP contribution in [0.25, 0.3) is 0 Å². The summed E-state index contributed by atoms with van der Waals surface area (Å²) < 4.78 is 5.71. The van der Waals surface area contributed by atoms with Gasteiger partial charge in [0.25, 0.3) is 0 Å². The molecule has 0 saturated carbocycles. The van der Waals surface area contributed by atoms with Gasteiger partial charge in [-0.05, 0) is 36.5 Å². The van der Waals surface area contributed by atoms with E-state index in [1.165, 1.54) is 24.0 Å². The van der Waals surface area contributed by atoms with E-state index in [0.29, 0.717) is 6.04 Å². The molecule has 0 spiro atoms. The molecular weight excluding hydrogens is 236 g/mol. The normalized spacial score (nSPS) is 21.5. The summed E-state index contributed by atoms with van der Waals surface area (Å²) in [7, 11) is 0. The second kappa shape index (κ2) is 5.93. The zero-order valence-electron chi connectivity index (χ0n) is 11.8. The fourth-order valence-corrected chi connectivity index (χ4v) is 3.29. The maximum absolute atomic E-state index is 5.71. The second-order valence-corrected chi connectivity index (χ2v) is 5.53. The summed E-state index contributed by atoms with van der Waals surface area (Å²) in [6.45, 7) is 7.72. The van der Waals surface area contributed by atoms with Gasteiger partial charge in [-0.15, -0.1) is 0 Å². The van der Waals surface area contributed by atoms with Crippen molar-refractivity contribution in [2.45, 2.75) is 32.2 Å². The van der Waals surface area contributed by atoms with Gasteiger partial charge in [-0.2, -0.15) is 0 Å². The van der Waals surface area contributed by atoms with Crippen LogP contribution in [0.15, 0.2) is 18.2 Å². The molecule has 2 aliphatic heterocycles. The molecule has 3 rings (SSSR count). The van der Waals surface area contributed by atoms with E-state index in [1.54, 1.807) is 0 Å². The van der Waals surface area contributed by atoms with Gasteiger partial charge < -0.3 is 10.1 Å². The van der Waals surface area contributed by atoms with Gasteiger partial charge in [0.1, 0.15) is 5.75 Å². The SMILES string of the molecule is CCC(c1ccc2c(c1)CCCO2)N1CCNCC1. The largest absolute Gasteiger partial charge is 0.493 e. The number of nitrogens with zero attached hydrogens (tertiary/aromatic N) is 1. The molecule has 1 atom stereocenters. The topological polar surface area (TPSA) is 24.5 Å². The summed E-state index contributed by atoms with van der Waals surface area (Å²) >= 11 is 0. The quantitative estimate of drug-likeness (QED) is 0.903. The molecule has 1 aromatic carbocycles. The number of rotatable bonds is 3. The molecule has 0 aromatic heterocycles. The number of ether oxygens (including phenoxy) is 1. The van der Waals surface area contributed by atoms with Crippen molar-refractivity contribution in [1.82, 2.24) is 10.2 Å². The minimum atomic E-state index is 0.564. The highest BCUT2D eigenvalue weighted by molar-refractivity contribution is 5.39. The maximum Gasteiger partial charge on any atom is 0.122 e. The average molecular weight is 260 g/mol. The molecule has 0 aliphatic carbocycles. The highest BCUT2D eigenvalue weighted by Gasteiger charge is 2.22. The maximum atomic E-state index is 5.71. The van der Waals surface area contributed by atoms with Gasteiger partial charge in [-0.25, -0.2) is 0 Å². The van der Waals surface area contributed by atoms with Crippen molar-refractivity contribution in [2.75, 3.05) is 32.8 Å². The molecule has 0 amide bonds. The predicted molar refractivity (Wildman–Crippen MR) is 77.7 cm³/mol. The molecule has 19 heavy (non-hydrogen) atoms. The van der Waals surface area contributed by atoms with Crippen LogP contribution in [0.3, 0.4) is 0 Å². The molecule has 1 fully saturated rings. The van der Waals surface area contributed by atoms with E-state index in [9.17, 15) is 0 Å². The summed E-state index contributed by atoms with van der Waals surface area (Å²) in [5.74, 6) is 1.10. The number of hydrogen-bond acceptors (Lipinski definition) is 3. The van der Waals surface area contributed by atoms with Crippen LogP contribution in [0.2, 0.25) is 0 Å². The summed E-state index contributed by atoms with van der Waals surface area (Å²) in [6, 6.07) is 7.38. The van der Waals surface area contributed by atoms with Crippen molar-refractivity contribution in [3.63, 3.8) is 0 Å². The molecule has 3 heteroatoms. The standard InChI is InChI=1S/C16H24N2O/c1-2-15(18-9-7-17-8-10-18)13-5-6-16-14(12-13)4-3-11-19-16/h5-6,12,15,17H,2-4,7-11H2,1H3. The molecule has 2 heterocycles. The third-order valence-corrected chi connectivity index (χ3v) is 4.30. The van der Waals surface area contributed by atoms with Crippen LogP contribution in [0.1, 0.15) is 36.9 Å². The monoisotopic (exact) mass is 260 g/mol. The Morgan fingerprint density at radius 3 is 2.95 bits per heavy atom. The highest BCUT2D eigenvalue weighted by Crippen LogP contribution is 2.31. The first-order valence-electron chi connectivity index (χ1n) is 7.59. The van der Waals surface area contributed by atoms with Crippen LogP contribution in [0.5, 0.6) is 5.75 Å². The second-order valence-electron chi connectivity index (χ2n) is 5.53. The van der Waals surface area contributed by atoms with Crippen molar-refractivity contribution in [2.24, 2.45) is 0 Å². The molecule has 2 aliphatic rings. The van der Waals surface area contributed by atoms with Crippen molar-refractivity contribution in [3.8, 4) is 5.75 Å². The number of nitrogens with one attached hydrogen (secondary N) is 1. The van der Waals surface area contributed by atoms with E-state index in [0.717, 1.165) is 45.0 Å². The Labute approximate surface area is 115 Å². The molecule has 1 aromatic rings. The van der Waals surface area contributed by atoms with Gasteiger partial charge in [-0.1, -0.05) is 19.1 Å². The number of fused-ring (bicyclic) bond motifs is 1. The minimum absolute atomic E-state index is 0.564. The molecule has 3 nitrogen and oxygen atoms in total. The first-order chi connectivity index (χ1) is 9.38. The first-order valence-corrected chi connectivity index (χ1v) is 7.59. The minimum Gasteiger partial charge on any atom is -0.493 e. The van der Waals surface area contributed by atoms with Gasteiger partial charge in [-0.3, -0.25) is 4.90 Å². The summed E-state index contributed by atoms with van der Waals surface area (Å²) in [6.07, 6.45) is 3.50. The number of aryl methyl sites for hydroxylation is 1. The molecule has 0 radical (unpaired) electrons. The van der Waals surface area contributed by atoms with Crippen LogP contribution in [0, 0.1) is 0 Å². The van der Waals surface area contributed by atoms with E-state index >= 15 is 0 Å². The van der Waals surface area contributed by atoms with Gasteiger partial charge >= 0.3 is 0 Å². The first kappa shape index (κ1) is 12.9. The fourth-order valence-electron chi connectivity index (χ4n) is 3.29. The molecule has 0 bridgehead atoms. The number of hydrogen-bond donors (Lipinski definition) is 1. The van der Waals surface area contributed by atoms with E-state index in [2.05, 4.69) is 35.3 Å². The summed E-state index contributed by atoms with van der Waals surface area (Å²) in [4.78, 5) is 2.61. The van der Waals surface area contributed by atoms with Crippen LogP contribution in [0.4, 0.5) is 0 Å². The Bertz CT molecular complexity index is 427. The lowest BCUT2D eigenvalue weighted by atomic mass is 9.96. The summed E-state index contributed by atoms with van der Waals surface area (Å²) in [5.41, 5.74) is 2.87. The lowest BCUT2D eigenvalue weighted by Gasteiger charge is -2.35. The summed E-state index contributed by atoms with van der Waals surface area (Å²) in [5, 5.41) is 3.43. The van der Waals surface area contributed by atoms with Gasteiger partial charge in [0.2, 0.25) is 0 Å². The molecule has 1 N–H and O–H groups in total. The third kappa shape index (κ3) is 2.77. The molecule has 1 saturated heterocycles. The number of benzene rings is 1. The van der Waals surface area contributed by atoms with E-state index in [1.807, 2.05) is 0 Å². The lowest BCUT2D eigenvalue weighted by molar-refractivity contribution is 0.169. The van der Waals surface area contributed by atoms with Crippen LogP contribution in [-0.2, 0) is 6.42 Å². The Morgan fingerprint density at radius 2 is 2.16 bits per heavy atom. The Hall–Kier alpha value is -1.06. The van der Waals surface area contributed by atoms with Crippen LogP contribution >= 0.6 is 0 Å². The predicted octanol–water partition coefficient (Wildman–Crippen LogP) is 2.37. The zero-order chi connectivity index (χ0) is 13.1. The third-order valence-electron chi connectivity index (χ3n) is 4.30. The molecule has 1 unspecified atom stereocenters. The Morgan fingerprint density at radius 1 is 1.32 bits per heavy atom. The van der Waals surface area contributed by atoms with Crippen LogP contribution < -0.4 is 10.1 Å². The molecular formula is C16H24N2O. The van der Waals surface area contributed by atoms with Gasteiger partial charge in [0.05, 0.1) is 6.61 Å². The lowest BCUT2D eigenvalue weighted by Crippen LogP contribution is -2.45. The smallest absolute Gasteiger partial charge is 0.122 e. The molecule has 104 valence electrons. The van der Waals surface area contributed by atoms with E-state index in [-0.39, 0.29) is 0 Å². The van der Waals surface area contributed by atoms with E-state index < -0.39 is 0 Å². The van der Waals surface area contributed by atoms with Crippen molar-refractivity contribution in [1.29, 1.82) is 0 Å². The van der Waals surface area contributed by atoms with Gasteiger partial charge in [0, 0.05) is 32.2 Å². The number of piperazine rings is 1. The fraction of sp³-hybridized carbons (Fsp3) is 0.625. The van der Waals surface area contributed by atoms with E-state index in [4.69, 9.17) is 4.74 Å². The van der Waals surface area contributed by atoms with Crippen molar-refractivity contribution < 1.29 is 4.74 Å².